The van der Waals surface area contributed by atoms with Gasteiger partial charge < -0.3 is 27.1 Å². The number of aromatic nitrogens is 4. The summed E-state index contributed by atoms with van der Waals surface area (Å²) in [7, 11) is 0.00969. The van der Waals surface area contributed by atoms with Crippen LogP contribution in [-0.4, -0.2) is 53.3 Å². The molecule has 5 aromatic rings. The summed E-state index contributed by atoms with van der Waals surface area (Å²) in [4.78, 5) is 9.92. The third-order valence-electron chi connectivity index (χ3n) is 6.91. The lowest BCUT2D eigenvalue weighted by molar-refractivity contribution is 0.177. The molecule has 1 unspecified atom stereocenters. The summed E-state index contributed by atoms with van der Waals surface area (Å²) in [5.74, 6) is 1.68. The Bertz CT molecular complexity index is 1780. The van der Waals surface area contributed by atoms with E-state index in [-0.39, 0.29) is 6.10 Å². The molecule has 0 bridgehead atoms. The molecule has 0 amide bonds. The van der Waals surface area contributed by atoms with E-state index in [1.54, 1.807) is 25.6 Å². The van der Waals surface area contributed by atoms with Crippen LogP contribution in [0.3, 0.4) is 0 Å². The van der Waals surface area contributed by atoms with Crippen molar-refractivity contribution in [1.29, 1.82) is 0 Å². The monoisotopic (exact) mass is 676 g/mol. The minimum Gasteiger partial charge on any atom is -0.426 e. The molecular weight excluding hydrogens is 642 g/mol. The standard InChI is InChI=1S/C33H34N4O6P2S/c1-5-40-45(41-6-2)43-28-16-10-7-13-25(28)31-35-32(26-14-8-11-17-29(26)42-44(38-3)39-4)37(36-31)24-21-19-23(20-22-24)33-34-27-15-9-12-18-30(27)46-33/h7-16,18-22,29H,5-6,17H2,1-4H3. The Morgan fingerprint density at radius 2 is 1.61 bits per heavy atom. The summed E-state index contributed by atoms with van der Waals surface area (Å²) in [5.41, 5.74) is 4.40. The largest absolute Gasteiger partial charge is 0.426 e. The maximum atomic E-state index is 6.26. The van der Waals surface area contributed by atoms with Crippen molar-refractivity contribution in [2.24, 2.45) is 0 Å². The molecule has 1 aliphatic rings. The molecule has 13 heteroatoms. The van der Waals surface area contributed by atoms with Crippen molar-refractivity contribution < 1.29 is 27.1 Å². The Morgan fingerprint density at radius 3 is 2.35 bits per heavy atom. The summed E-state index contributed by atoms with van der Waals surface area (Å²) >= 11 is 1.67. The van der Waals surface area contributed by atoms with Crippen molar-refractivity contribution in [3.8, 4) is 33.4 Å². The van der Waals surface area contributed by atoms with E-state index in [0.717, 1.165) is 32.0 Å². The molecule has 46 heavy (non-hydrogen) atoms. The topological polar surface area (TPSA) is 99.0 Å². The number of nitrogens with zero attached hydrogens (tertiary/aromatic N) is 4. The van der Waals surface area contributed by atoms with Gasteiger partial charge in [0, 0.05) is 25.4 Å². The number of fused-ring (bicyclic) bond motifs is 1. The molecule has 2 heterocycles. The first kappa shape index (κ1) is 32.6. The third-order valence-corrected chi connectivity index (χ3v) is 10.3. The van der Waals surface area contributed by atoms with E-state index in [1.165, 1.54) is 0 Å². The van der Waals surface area contributed by atoms with Crippen LogP contribution in [0.1, 0.15) is 26.1 Å². The second kappa shape index (κ2) is 15.5. The van der Waals surface area contributed by atoms with E-state index in [4.69, 9.17) is 42.2 Å². The molecular formula is C33H34N4O6P2S. The lowest BCUT2D eigenvalue weighted by atomic mass is 10.0. The molecule has 0 radical (unpaired) electrons. The summed E-state index contributed by atoms with van der Waals surface area (Å²) < 4.78 is 37.8. The molecule has 0 N–H and O–H groups in total. The average Bonchev–Trinajstić information content (AvgIpc) is 3.73. The van der Waals surface area contributed by atoms with Gasteiger partial charge in [-0.25, -0.2) is 14.6 Å². The first-order valence-corrected chi connectivity index (χ1v) is 17.8. The number of hydrogen-bond donors (Lipinski definition) is 0. The zero-order valence-corrected chi connectivity index (χ0v) is 28.5. The lowest BCUT2D eigenvalue weighted by Gasteiger charge is -2.24. The fourth-order valence-corrected chi connectivity index (χ4v) is 7.46. The number of hydrogen-bond acceptors (Lipinski definition) is 10. The van der Waals surface area contributed by atoms with Gasteiger partial charge in [0.05, 0.1) is 40.8 Å². The van der Waals surface area contributed by atoms with E-state index >= 15 is 0 Å². The van der Waals surface area contributed by atoms with Crippen LogP contribution in [0.2, 0.25) is 0 Å². The maximum absolute atomic E-state index is 6.26. The molecule has 6 rings (SSSR count). The quantitative estimate of drug-likeness (QED) is 0.107. The fourth-order valence-electron chi connectivity index (χ4n) is 4.84. The molecule has 238 valence electrons. The van der Waals surface area contributed by atoms with Crippen LogP contribution in [0, 0.1) is 0 Å². The SMILES string of the molecule is CCOP(OCC)Oc1ccccc1-c1nc(C2=CC=CCC2OP(OC)OC)n(-c2ccc(-c3nc4ccccc4s3)cc2)n1. The van der Waals surface area contributed by atoms with Crippen LogP contribution in [0.15, 0.2) is 91.0 Å². The Labute approximate surface area is 274 Å². The molecule has 0 saturated carbocycles. The van der Waals surface area contributed by atoms with E-state index in [9.17, 15) is 0 Å². The van der Waals surface area contributed by atoms with Crippen LogP contribution >= 0.6 is 28.5 Å². The number of para-hydroxylation sites is 2. The Kier molecular flexibility index (Phi) is 11.0. The molecule has 0 aliphatic heterocycles. The maximum Gasteiger partial charge on any atom is 0.397 e. The van der Waals surface area contributed by atoms with Gasteiger partial charge in [0.25, 0.3) is 0 Å². The van der Waals surface area contributed by atoms with Gasteiger partial charge in [-0.2, -0.15) is 0 Å². The minimum atomic E-state index is -1.59. The number of benzene rings is 3. The van der Waals surface area contributed by atoms with Gasteiger partial charge in [0.15, 0.2) is 11.6 Å². The average molecular weight is 677 g/mol. The van der Waals surface area contributed by atoms with Crippen molar-refractivity contribution in [1.82, 2.24) is 19.7 Å². The number of rotatable bonds is 14. The Morgan fingerprint density at radius 1 is 0.870 bits per heavy atom. The highest BCUT2D eigenvalue weighted by atomic mass is 32.1. The minimum absolute atomic E-state index is 0.357. The smallest absolute Gasteiger partial charge is 0.397 e. The molecule has 1 aliphatic carbocycles. The third kappa shape index (κ3) is 7.28. The van der Waals surface area contributed by atoms with E-state index in [1.807, 2.05) is 91.4 Å². The van der Waals surface area contributed by atoms with E-state index < -0.39 is 17.2 Å². The summed E-state index contributed by atoms with van der Waals surface area (Å²) in [6.45, 7) is 4.75. The predicted octanol–water partition coefficient (Wildman–Crippen LogP) is 9.14. The zero-order valence-electron chi connectivity index (χ0n) is 25.9. The molecule has 2 aromatic heterocycles. The van der Waals surface area contributed by atoms with Crippen molar-refractivity contribution in [2.45, 2.75) is 26.4 Å². The number of allylic oxidation sites excluding steroid dienone is 2. The molecule has 3 aromatic carbocycles. The highest BCUT2D eigenvalue weighted by molar-refractivity contribution is 7.42. The van der Waals surface area contributed by atoms with Crippen LogP contribution < -0.4 is 4.52 Å². The first-order chi connectivity index (χ1) is 22.6. The molecule has 0 fully saturated rings. The van der Waals surface area contributed by atoms with Gasteiger partial charge in [-0.15, -0.1) is 16.4 Å². The van der Waals surface area contributed by atoms with Crippen LogP contribution in [-0.2, 0) is 22.6 Å². The van der Waals surface area contributed by atoms with Gasteiger partial charge in [0.1, 0.15) is 10.8 Å². The highest BCUT2D eigenvalue weighted by Crippen LogP contribution is 2.45. The van der Waals surface area contributed by atoms with Gasteiger partial charge in [0.2, 0.25) is 0 Å². The van der Waals surface area contributed by atoms with E-state index in [0.29, 0.717) is 42.6 Å². The normalized spacial score (nSPS) is 14.8. The summed E-state index contributed by atoms with van der Waals surface area (Å²) in [6.07, 6.45) is 6.32. The number of thiazole rings is 1. The second-order valence-electron chi connectivity index (χ2n) is 9.82. The first-order valence-electron chi connectivity index (χ1n) is 14.8. The van der Waals surface area contributed by atoms with Crippen LogP contribution in [0.25, 0.3) is 43.4 Å². The van der Waals surface area contributed by atoms with Crippen LogP contribution in [0.4, 0.5) is 0 Å². The molecule has 0 saturated heterocycles. The predicted molar refractivity (Wildman–Crippen MR) is 184 cm³/mol. The Hall–Kier alpha value is -3.37. The van der Waals surface area contributed by atoms with Crippen LogP contribution in [0.5, 0.6) is 5.75 Å². The van der Waals surface area contributed by atoms with Gasteiger partial charge >= 0.3 is 17.2 Å². The molecule has 1 atom stereocenters. The lowest BCUT2D eigenvalue weighted by Crippen LogP contribution is -2.18. The molecule has 0 spiro atoms. The van der Waals surface area contributed by atoms with Crippen molar-refractivity contribution in [3.63, 3.8) is 0 Å². The van der Waals surface area contributed by atoms with E-state index in [2.05, 4.69) is 18.2 Å². The van der Waals surface area contributed by atoms with Gasteiger partial charge in [-0.3, -0.25) is 0 Å². The van der Waals surface area contributed by atoms with Crippen molar-refractivity contribution in [3.05, 3.63) is 96.8 Å². The summed E-state index contributed by atoms with van der Waals surface area (Å²) in [5, 5.41) is 6.00. The van der Waals surface area contributed by atoms with Gasteiger partial charge in [-0.1, -0.05) is 42.5 Å². The fraction of sp³-hybridized carbons (Fsp3) is 0.242. The highest BCUT2D eigenvalue weighted by Gasteiger charge is 2.29. The summed E-state index contributed by atoms with van der Waals surface area (Å²) in [6, 6.07) is 24.0. The second-order valence-corrected chi connectivity index (χ2v) is 13.4. The molecule has 10 nitrogen and oxygen atoms in total. The van der Waals surface area contributed by atoms with Gasteiger partial charge in [-0.05, 0) is 68.8 Å². The van der Waals surface area contributed by atoms with Crippen molar-refractivity contribution >= 4 is 44.3 Å². The zero-order chi connectivity index (χ0) is 31.9. The Balaban J connectivity index is 1.42. The van der Waals surface area contributed by atoms with Crippen molar-refractivity contribution in [2.75, 3.05) is 27.4 Å².